The molecule has 4 heteroatoms. The number of hydrogen-bond donors (Lipinski definition) is 1. The summed E-state index contributed by atoms with van der Waals surface area (Å²) >= 11 is 0. The molecule has 0 atom stereocenters. The van der Waals surface area contributed by atoms with Crippen molar-refractivity contribution in [1.29, 1.82) is 0 Å². The maximum atomic E-state index is 4.63. The summed E-state index contributed by atoms with van der Waals surface area (Å²) in [5.74, 6) is 1.58. The number of aromatic nitrogens is 2. The molecule has 2 heterocycles. The van der Waals surface area contributed by atoms with Crippen LogP contribution in [0.3, 0.4) is 0 Å². The molecule has 1 aliphatic rings. The average Bonchev–Trinajstić information content (AvgIpc) is 2.84. The largest absolute Gasteiger partial charge is 0.341 e. The van der Waals surface area contributed by atoms with E-state index in [9.17, 15) is 0 Å². The Hall–Kier alpha value is -1.16. The monoisotopic (exact) mass is 248 g/mol. The second-order valence-electron chi connectivity index (χ2n) is 5.50. The van der Waals surface area contributed by atoms with Crippen LogP contribution in [-0.2, 0) is 6.54 Å². The molecule has 1 aliphatic heterocycles. The van der Waals surface area contributed by atoms with Crippen molar-refractivity contribution in [2.45, 2.75) is 40.2 Å². The lowest BCUT2D eigenvalue weighted by Crippen LogP contribution is -2.23. The van der Waals surface area contributed by atoms with Gasteiger partial charge in [-0.3, -0.25) is 0 Å². The molecule has 1 saturated heterocycles. The highest BCUT2D eigenvalue weighted by Gasteiger charge is 2.15. The number of anilines is 1. The van der Waals surface area contributed by atoms with Crippen LogP contribution in [0.25, 0.3) is 0 Å². The standard InChI is InChI=1S/C14H24N4/c1-11(2)8-15-9-13-10-16-14(17-12(13)3)18-6-4-5-7-18/h10-11,15H,4-9H2,1-3H3. The van der Waals surface area contributed by atoms with E-state index >= 15 is 0 Å². The van der Waals surface area contributed by atoms with Gasteiger partial charge in [0.2, 0.25) is 5.95 Å². The third-order valence-electron chi connectivity index (χ3n) is 3.33. The van der Waals surface area contributed by atoms with Gasteiger partial charge in [0, 0.05) is 37.1 Å². The second kappa shape index (κ2) is 6.14. The highest BCUT2D eigenvalue weighted by molar-refractivity contribution is 5.33. The van der Waals surface area contributed by atoms with Crippen molar-refractivity contribution in [3.63, 3.8) is 0 Å². The summed E-state index contributed by atoms with van der Waals surface area (Å²) in [6.07, 6.45) is 4.50. The summed E-state index contributed by atoms with van der Waals surface area (Å²) in [4.78, 5) is 11.4. The number of nitrogens with one attached hydrogen (secondary N) is 1. The van der Waals surface area contributed by atoms with Gasteiger partial charge in [-0.15, -0.1) is 0 Å². The normalized spacial score (nSPS) is 15.7. The van der Waals surface area contributed by atoms with Gasteiger partial charge < -0.3 is 10.2 Å². The van der Waals surface area contributed by atoms with Gasteiger partial charge >= 0.3 is 0 Å². The summed E-state index contributed by atoms with van der Waals surface area (Å²) in [6.45, 7) is 10.6. The number of hydrogen-bond acceptors (Lipinski definition) is 4. The van der Waals surface area contributed by atoms with Crippen LogP contribution in [0.2, 0.25) is 0 Å². The van der Waals surface area contributed by atoms with Crippen molar-refractivity contribution in [3.05, 3.63) is 17.5 Å². The lowest BCUT2D eigenvalue weighted by molar-refractivity contribution is 0.550. The van der Waals surface area contributed by atoms with Crippen molar-refractivity contribution < 1.29 is 0 Å². The highest BCUT2D eigenvalue weighted by Crippen LogP contribution is 2.16. The third kappa shape index (κ3) is 3.42. The van der Waals surface area contributed by atoms with E-state index in [2.05, 4.69) is 41.0 Å². The minimum Gasteiger partial charge on any atom is -0.341 e. The smallest absolute Gasteiger partial charge is 0.225 e. The average molecular weight is 248 g/mol. The van der Waals surface area contributed by atoms with Gasteiger partial charge in [0.1, 0.15) is 0 Å². The van der Waals surface area contributed by atoms with E-state index in [1.165, 1.54) is 18.4 Å². The Morgan fingerprint density at radius 1 is 1.33 bits per heavy atom. The zero-order valence-electron chi connectivity index (χ0n) is 11.7. The predicted molar refractivity (Wildman–Crippen MR) is 74.8 cm³/mol. The van der Waals surface area contributed by atoms with Gasteiger partial charge in [0.15, 0.2) is 0 Å². The Kier molecular flexibility index (Phi) is 4.53. The van der Waals surface area contributed by atoms with E-state index in [0.29, 0.717) is 5.92 Å². The van der Waals surface area contributed by atoms with Crippen molar-refractivity contribution >= 4 is 5.95 Å². The number of aryl methyl sites for hydroxylation is 1. The van der Waals surface area contributed by atoms with Crippen molar-refractivity contribution in [1.82, 2.24) is 15.3 Å². The molecule has 1 aromatic heterocycles. The Balaban J connectivity index is 1.96. The number of nitrogens with zero attached hydrogens (tertiary/aromatic N) is 3. The Morgan fingerprint density at radius 3 is 2.67 bits per heavy atom. The first-order valence-electron chi connectivity index (χ1n) is 6.95. The second-order valence-corrected chi connectivity index (χ2v) is 5.50. The van der Waals surface area contributed by atoms with Gasteiger partial charge in [-0.2, -0.15) is 0 Å². The minimum atomic E-state index is 0.676. The van der Waals surface area contributed by atoms with Crippen LogP contribution >= 0.6 is 0 Å². The summed E-state index contributed by atoms with van der Waals surface area (Å²) in [6, 6.07) is 0. The molecule has 0 spiro atoms. The maximum Gasteiger partial charge on any atom is 0.225 e. The molecule has 2 rings (SSSR count). The third-order valence-corrected chi connectivity index (χ3v) is 3.33. The molecule has 4 nitrogen and oxygen atoms in total. The fourth-order valence-corrected chi connectivity index (χ4v) is 2.22. The molecule has 100 valence electrons. The lowest BCUT2D eigenvalue weighted by atomic mass is 10.2. The van der Waals surface area contributed by atoms with E-state index in [1.807, 2.05) is 6.20 Å². The maximum absolute atomic E-state index is 4.63. The summed E-state index contributed by atoms with van der Waals surface area (Å²) in [7, 11) is 0. The molecule has 1 fully saturated rings. The van der Waals surface area contributed by atoms with Crippen molar-refractivity contribution in [2.24, 2.45) is 5.92 Å². The Morgan fingerprint density at radius 2 is 2.06 bits per heavy atom. The molecule has 0 radical (unpaired) electrons. The van der Waals surface area contributed by atoms with Crippen LogP contribution in [-0.4, -0.2) is 29.6 Å². The molecule has 0 aliphatic carbocycles. The van der Waals surface area contributed by atoms with E-state index in [-0.39, 0.29) is 0 Å². The van der Waals surface area contributed by atoms with Gasteiger partial charge in [-0.25, -0.2) is 9.97 Å². The van der Waals surface area contributed by atoms with Crippen LogP contribution in [0, 0.1) is 12.8 Å². The number of rotatable bonds is 5. The first-order chi connectivity index (χ1) is 8.66. The Bertz CT molecular complexity index is 383. The molecule has 0 aromatic carbocycles. The fraction of sp³-hybridized carbons (Fsp3) is 0.714. The van der Waals surface area contributed by atoms with Crippen LogP contribution in [0.4, 0.5) is 5.95 Å². The molecule has 0 bridgehead atoms. The van der Waals surface area contributed by atoms with Crippen LogP contribution in [0.1, 0.15) is 37.9 Å². The van der Waals surface area contributed by atoms with Crippen molar-refractivity contribution in [2.75, 3.05) is 24.5 Å². The Labute approximate surface area is 110 Å². The van der Waals surface area contributed by atoms with Crippen LogP contribution in [0.15, 0.2) is 6.20 Å². The van der Waals surface area contributed by atoms with E-state index in [0.717, 1.165) is 37.8 Å². The van der Waals surface area contributed by atoms with Crippen molar-refractivity contribution in [3.8, 4) is 0 Å². The molecular formula is C14H24N4. The first kappa shape index (κ1) is 13.3. The van der Waals surface area contributed by atoms with Gasteiger partial charge in [-0.05, 0) is 32.2 Å². The molecule has 0 amide bonds. The van der Waals surface area contributed by atoms with Crippen LogP contribution < -0.4 is 10.2 Å². The topological polar surface area (TPSA) is 41.1 Å². The minimum absolute atomic E-state index is 0.676. The van der Waals surface area contributed by atoms with Gasteiger partial charge in [-0.1, -0.05) is 13.8 Å². The zero-order chi connectivity index (χ0) is 13.0. The molecule has 18 heavy (non-hydrogen) atoms. The van der Waals surface area contributed by atoms with Gasteiger partial charge in [0.05, 0.1) is 0 Å². The molecular weight excluding hydrogens is 224 g/mol. The van der Waals surface area contributed by atoms with E-state index in [1.54, 1.807) is 0 Å². The van der Waals surface area contributed by atoms with Gasteiger partial charge in [0.25, 0.3) is 0 Å². The summed E-state index contributed by atoms with van der Waals surface area (Å²) < 4.78 is 0. The molecule has 1 aromatic rings. The molecule has 0 saturated carbocycles. The van der Waals surface area contributed by atoms with E-state index < -0.39 is 0 Å². The zero-order valence-corrected chi connectivity index (χ0v) is 11.7. The summed E-state index contributed by atoms with van der Waals surface area (Å²) in [5, 5.41) is 3.44. The molecule has 0 unspecified atom stereocenters. The fourth-order valence-electron chi connectivity index (χ4n) is 2.22. The summed E-state index contributed by atoms with van der Waals surface area (Å²) in [5.41, 5.74) is 2.31. The first-order valence-corrected chi connectivity index (χ1v) is 6.95. The highest BCUT2D eigenvalue weighted by atomic mass is 15.3. The quantitative estimate of drug-likeness (QED) is 0.866. The predicted octanol–water partition coefficient (Wildman–Crippen LogP) is 2.13. The van der Waals surface area contributed by atoms with E-state index in [4.69, 9.17) is 0 Å². The lowest BCUT2D eigenvalue weighted by Gasteiger charge is -2.16. The molecule has 1 N–H and O–H groups in total. The SMILES string of the molecule is Cc1nc(N2CCCC2)ncc1CNCC(C)C. The van der Waals surface area contributed by atoms with Crippen LogP contribution in [0.5, 0.6) is 0 Å².